The summed E-state index contributed by atoms with van der Waals surface area (Å²) in [6.07, 6.45) is 2.34. The van der Waals surface area contributed by atoms with Gasteiger partial charge in [0.1, 0.15) is 5.75 Å². The van der Waals surface area contributed by atoms with Gasteiger partial charge in [-0.05, 0) is 42.5 Å². The Morgan fingerprint density at radius 3 is 2.69 bits per heavy atom. The van der Waals surface area contributed by atoms with Gasteiger partial charge in [-0.25, -0.2) is 0 Å². The average Bonchev–Trinajstić information content (AvgIpc) is 2.67. The van der Waals surface area contributed by atoms with E-state index in [1.54, 1.807) is 13.2 Å². The van der Waals surface area contributed by atoms with Crippen molar-refractivity contribution < 1.29 is 9.53 Å². The van der Waals surface area contributed by atoms with E-state index in [-0.39, 0.29) is 17.4 Å². The van der Waals surface area contributed by atoms with Crippen LogP contribution in [0.25, 0.3) is 0 Å². The molecule has 1 aromatic carbocycles. The molecule has 2 atom stereocenters. The number of hydrogen-bond donors (Lipinski definition) is 0. The topological polar surface area (TPSA) is 51.5 Å². The summed E-state index contributed by atoms with van der Waals surface area (Å²) >= 11 is 0. The van der Waals surface area contributed by atoms with Crippen LogP contribution in [0.4, 0.5) is 0 Å². The van der Waals surface area contributed by atoms with Crippen LogP contribution >= 0.6 is 0 Å². The van der Waals surface area contributed by atoms with Crippen LogP contribution in [-0.2, 0) is 17.8 Å². The van der Waals surface area contributed by atoms with Gasteiger partial charge in [0, 0.05) is 43.7 Å². The molecule has 26 heavy (non-hydrogen) atoms. The van der Waals surface area contributed by atoms with E-state index in [0.29, 0.717) is 12.3 Å². The highest BCUT2D eigenvalue weighted by atomic mass is 16.5. The van der Waals surface area contributed by atoms with Gasteiger partial charge in [-0.1, -0.05) is 18.2 Å². The highest BCUT2D eigenvalue weighted by molar-refractivity contribution is 5.76. The summed E-state index contributed by atoms with van der Waals surface area (Å²) in [5.74, 6) is 1.70. The number of ether oxygens (including phenoxy) is 1. The molecule has 4 rings (SSSR count). The third kappa shape index (κ3) is 3.26. The molecule has 0 unspecified atom stereocenters. The number of aryl methyl sites for hydroxylation is 1. The summed E-state index contributed by atoms with van der Waals surface area (Å²) < 4.78 is 7.07. The Bertz CT molecular complexity index is 856. The lowest BCUT2D eigenvalue weighted by Crippen LogP contribution is -2.49. The summed E-state index contributed by atoms with van der Waals surface area (Å²) in [4.78, 5) is 26.8. The van der Waals surface area contributed by atoms with Crippen LogP contribution < -0.4 is 10.3 Å². The first-order chi connectivity index (χ1) is 12.6. The van der Waals surface area contributed by atoms with Gasteiger partial charge in [-0.2, -0.15) is 0 Å². The van der Waals surface area contributed by atoms with Gasteiger partial charge >= 0.3 is 0 Å². The smallest absolute Gasteiger partial charge is 0.250 e. The minimum atomic E-state index is 0.0801. The van der Waals surface area contributed by atoms with Crippen molar-refractivity contribution in [2.75, 3.05) is 20.2 Å². The summed E-state index contributed by atoms with van der Waals surface area (Å²) in [5.41, 5.74) is 2.31. The van der Waals surface area contributed by atoms with Gasteiger partial charge in [-0.3, -0.25) is 9.59 Å². The van der Waals surface area contributed by atoms with Crippen LogP contribution in [0, 0.1) is 5.92 Å². The van der Waals surface area contributed by atoms with Crippen molar-refractivity contribution in [3.8, 4) is 5.75 Å². The predicted molar refractivity (Wildman–Crippen MR) is 99.4 cm³/mol. The molecular formula is C21H24N2O3. The van der Waals surface area contributed by atoms with Gasteiger partial charge in [0.2, 0.25) is 5.91 Å². The van der Waals surface area contributed by atoms with E-state index in [2.05, 4.69) is 0 Å². The van der Waals surface area contributed by atoms with Crippen LogP contribution in [0.15, 0.2) is 47.3 Å². The molecule has 5 heteroatoms. The quantitative estimate of drug-likeness (QED) is 0.849. The van der Waals surface area contributed by atoms with Crippen molar-refractivity contribution in [2.24, 2.45) is 5.92 Å². The van der Waals surface area contributed by atoms with Gasteiger partial charge in [0.05, 0.1) is 7.11 Å². The number of nitrogens with zero attached hydrogens (tertiary/aromatic N) is 2. The lowest BCUT2D eigenvalue weighted by Gasteiger charge is -2.42. The second-order valence-corrected chi connectivity index (χ2v) is 7.34. The van der Waals surface area contributed by atoms with Crippen molar-refractivity contribution >= 4 is 5.91 Å². The van der Waals surface area contributed by atoms with Gasteiger partial charge < -0.3 is 14.2 Å². The highest BCUT2D eigenvalue weighted by Crippen LogP contribution is 2.35. The number of methoxy groups -OCH3 is 1. The molecule has 2 aliphatic rings. The number of amides is 1. The third-order valence-electron chi connectivity index (χ3n) is 5.62. The summed E-state index contributed by atoms with van der Waals surface area (Å²) in [6, 6.07) is 13.4. The second-order valence-electron chi connectivity index (χ2n) is 7.34. The van der Waals surface area contributed by atoms with Crippen molar-refractivity contribution in [3.63, 3.8) is 0 Å². The van der Waals surface area contributed by atoms with E-state index in [1.807, 2.05) is 45.9 Å². The van der Waals surface area contributed by atoms with E-state index < -0.39 is 0 Å². The maximum absolute atomic E-state index is 12.7. The van der Waals surface area contributed by atoms with Crippen LogP contribution in [0.2, 0.25) is 0 Å². The van der Waals surface area contributed by atoms with Crippen molar-refractivity contribution in [1.82, 2.24) is 9.47 Å². The number of carbonyl (C=O) groups is 1. The molecular weight excluding hydrogens is 328 g/mol. The fourth-order valence-corrected chi connectivity index (χ4v) is 4.30. The molecule has 1 aromatic heterocycles. The first kappa shape index (κ1) is 16.9. The summed E-state index contributed by atoms with van der Waals surface area (Å²) in [7, 11) is 1.65. The fraction of sp³-hybridized carbons (Fsp3) is 0.429. The average molecular weight is 352 g/mol. The number of pyridine rings is 1. The monoisotopic (exact) mass is 352 g/mol. The molecule has 1 fully saturated rings. The molecule has 0 radical (unpaired) electrons. The van der Waals surface area contributed by atoms with E-state index in [1.165, 1.54) is 0 Å². The van der Waals surface area contributed by atoms with Crippen LogP contribution in [0.5, 0.6) is 5.75 Å². The molecule has 0 saturated carbocycles. The molecule has 2 aromatic rings. The Balaban J connectivity index is 1.41. The number of benzene rings is 1. The predicted octanol–water partition coefficient (Wildman–Crippen LogP) is 2.44. The molecule has 136 valence electrons. The number of aromatic nitrogens is 1. The second kappa shape index (κ2) is 6.98. The summed E-state index contributed by atoms with van der Waals surface area (Å²) in [5, 5.41) is 0. The fourth-order valence-electron chi connectivity index (χ4n) is 4.30. The maximum atomic E-state index is 12.7. The largest absolute Gasteiger partial charge is 0.497 e. The Kier molecular flexibility index (Phi) is 4.53. The van der Waals surface area contributed by atoms with E-state index in [9.17, 15) is 9.59 Å². The standard InChI is InChI=1S/C21H24N2O3/c1-26-18-8-5-15(6-9-18)7-10-20(24)22-12-16-11-17(14-22)19-3-2-4-21(25)23(19)13-16/h2-6,8-9,16-17H,7,10-14H2,1H3/t16-,17+/m0/s1. The van der Waals surface area contributed by atoms with Gasteiger partial charge in [0.25, 0.3) is 5.56 Å². The molecule has 0 spiro atoms. The van der Waals surface area contributed by atoms with Crippen molar-refractivity contribution in [1.29, 1.82) is 0 Å². The Hall–Kier alpha value is -2.56. The Morgan fingerprint density at radius 1 is 1.12 bits per heavy atom. The van der Waals surface area contributed by atoms with Gasteiger partial charge in [0.15, 0.2) is 0 Å². The normalized spacial score (nSPS) is 21.2. The molecule has 1 amide bonds. The van der Waals surface area contributed by atoms with Crippen LogP contribution in [0.1, 0.15) is 30.0 Å². The van der Waals surface area contributed by atoms with E-state index in [4.69, 9.17) is 4.74 Å². The Morgan fingerprint density at radius 2 is 1.92 bits per heavy atom. The number of carbonyl (C=O) groups excluding carboxylic acids is 1. The number of likely N-dealkylation sites (tertiary alicyclic amines) is 1. The molecule has 3 heterocycles. The molecule has 0 N–H and O–H groups in total. The number of hydrogen-bond acceptors (Lipinski definition) is 3. The number of rotatable bonds is 4. The number of piperidine rings is 1. The first-order valence-electron chi connectivity index (χ1n) is 9.24. The SMILES string of the molecule is COc1ccc(CCC(=O)N2C[C@@H]3C[C@H](C2)c2cccc(=O)n2C3)cc1. The minimum absolute atomic E-state index is 0.0801. The molecule has 1 saturated heterocycles. The zero-order chi connectivity index (χ0) is 18.1. The van der Waals surface area contributed by atoms with Crippen LogP contribution in [0.3, 0.4) is 0 Å². The maximum Gasteiger partial charge on any atom is 0.250 e. The van der Waals surface area contributed by atoms with E-state index in [0.717, 1.165) is 49.5 Å². The zero-order valence-electron chi connectivity index (χ0n) is 15.1. The Labute approximate surface area is 153 Å². The number of fused-ring (bicyclic) bond motifs is 4. The van der Waals surface area contributed by atoms with Gasteiger partial charge in [-0.15, -0.1) is 0 Å². The lowest BCUT2D eigenvalue weighted by molar-refractivity contribution is -0.133. The molecule has 2 bridgehead atoms. The minimum Gasteiger partial charge on any atom is -0.497 e. The van der Waals surface area contributed by atoms with Crippen LogP contribution in [-0.4, -0.2) is 35.6 Å². The highest BCUT2D eigenvalue weighted by Gasteiger charge is 2.35. The molecule has 2 aliphatic heterocycles. The lowest BCUT2D eigenvalue weighted by atomic mass is 9.83. The zero-order valence-corrected chi connectivity index (χ0v) is 15.1. The van der Waals surface area contributed by atoms with Crippen molar-refractivity contribution in [2.45, 2.75) is 31.7 Å². The summed E-state index contributed by atoms with van der Waals surface area (Å²) in [6.45, 7) is 2.22. The molecule has 0 aliphatic carbocycles. The van der Waals surface area contributed by atoms with E-state index >= 15 is 0 Å². The first-order valence-corrected chi connectivity index (χ1v) is 9.24. The van der Waals surface area contributed by atoms with Crippen molar-refractivity contribution in [3.05, 3.63) is 64.1 Å². The third-order valence-corrected chi connectivity index (χ3v) is 5.62. The molecule has 5 nitrogen and oxygen atoms in total.